The fraction of sp³-hybridized carbons (Fsp3) is 0.0769. The van der Waals surface area contributed by atoms with Crippen LogP contribution in [0.15, 0.2) is 82.9 Å². The first-order valence-electron chi connectivity index (χ1n) is 10.2. The first-order chi connectivity index (χ1) is 15.6. The molecule has 0 atom stereocenters. The second-order valence-electron chi connectivity index (χ2n) is 7.51. The van der Waals surface area contributed by atoms with E-state index in [1.807, 2.05) is 42.5 Å². The van der Waals surface area contributed by atoms with Gasteiger partial charge in [-0.3, -0.25) is 0 Å². The van der Waals surface area contributed by atoms with Gasteiger partial charge in [0.1, 0.15) is 11.9 Å². The van der Waals surface area contributed by atoms with Crippen molar-refractivity contribution in [1.82, 2.24) is 14.5 Å². The molecule has 0 bridgehead atoms. The second-order valence-corrected chi connectivity index (χ2v) is 8.54. The minimum atomic E-state index is -0.243. The van der Waals surface area contributed by atoms with E-state index in [0.29, 0.717) is 16.6 Å². The molecule has 2 heterocycles. The molecule has 3 aromatic carbocycles. The smallest absolute Gasteiger partial charge is 0.171 e. The lowest BCUT2D eigenvalue weighted by atomic mass is 10.1. The first-order valence-corrected chi connectivity index (χ1v) is 11.0. The van der Waals surface area contributed by atoms with Crippen LogP contribution in [-0.4, -0.2) is 14.5 Å². The molecule has 32 heavy (non-hydrogen) atoms. The SMILES string of the molecule is Cc1c(/C=C(\C#N)Sc2nc3ccccc3[nH]2)c2ccccc2n1Cc1ccc(F)cc1. The second kappa shape index (κ2) is 8.37. The Balaban J connectivity index is 1.55. The number of nitrogens with zero attached hydrogens (tertiary/aromatic N) is 3. The summed E-state index contributed by atoms with van der Waals surface area (Å²) in [5.41, 5.74) is 5.96. The van der Waals surface area contributed by atoms with Crippen molar-refractivity contribution in [3.05, 3.63) is 100 Å². The number of para-hydroxylation sites is 3. The van der Waals surface area contributed by atoms with E-state index in [-0.39, 0.29) is 5.82 Å². The third-order valence-corrected chi connectivity index (χ3v) is 6.31. The quantitative estimate of drug-likeness (QED) is 0.246. The molecule has 1 N–H and O–H groups in total. The van der Waals surface area contributed by atoms with Crippen molar-refractivity contribution in [3.8, 4) is 6.07 Å². The molecule has 0 aliphatic rings. The number of thioether (sulfide) groups is 1. The minimum absolute atomic E-state index is 0.243. The van der Waals surface area contributed by atoms with Gasteiger partial charge in [0.2, 0.25) is 0 Å². The molecule has 0 fully saturated rings. The van der Waals surface area contributed by atoms with Crippen LogP contribution in [0.4, 0.5) is 4.39 Å². The predicted octanol–water partition coefficient (Wildman–Crippen LogP) is 6.67. The fourth-order valence-corrected chi connectivity index (χ4v) is 4.65. The van der Waals surface area contributed by atoms with E-state index in [2.05, 4.69) is 39.7 Å². The van der Waals surface area contributed by atoms with Gasteiger partial charge in [0.15, 0.2) is 5.16 Å². The summed E-state index contributed by atoms with van der Waals surface area (Å²) < 4.78 is 15.5. The van der Waals surface area contributed by atoms with Gasteiger partial charge >= 0.3 is 0 Å². The third kappa shape index (κ3) is 3.79. The Morgan fingerprint density at radius 2 is 1.84 bits per heavy atom. The van der Waals surface area contributed by atoms with Crippen molar-refractivity contribution in [2.45, 2.75) is 18.6 Å². The van der Waals surface area contributed by atoms with Gasteiger partial charge in [0.25, 0.3) is 0 Å². The lowest BCUT2D eigenvalue weighted by Gasteiger charge is -2.09. The van der Waals surface area contributed by atoms with Gasteiger partial charge in [-0.2, -0.15) is 5.26 Å². The summed E-state index contributed by atoms with van der Waals surface area (Å²) in [6, 6.07) is 24.8. The van der Waals surface area contributed by atoms with Gasteiger partial charge in [-0.25, -0.2) is 9.37 Å². The molecular weight excluding hydrogens is 419 g/mol. The number of allylic oxidation sites excluding steroid dienone is 1. The lowest BCUT2D eigenvalue weighted by Crippen LogP contribution is -2.02. The molecule has 5 aromatic rings. The van der Waals surface area contributed by atoms with E-state index in [1.54, 1.807) is 12.1 Å². The molecule has 6 heteroatoms. The summed E-state index contributed by atoms with van der Waals surface area (Å²) in [5, 5.41) is 11.6. The largest absolute Gasteiger partial charge is 0.340 e. The van der Waals surface area contributed by atoms with Crippen molar-refractivity contribution < 1.29 is 4.39 Å². The van der Waals surface area contributed by atoms with Gasteiger partial charge < -0.3 is 9.55 Å². The van der Waals surface area contributed by atoms with Crippen LogP contribution in [0.25, 0.3) is 28.0 Å². The maximum Gasteiger partial charge on any atom is 0.171 e. The number of imidazole rings is 1. The predicted molar refractivity (Wildman–Crippen MR) is 128 cm³/mol. The highest BCUT2D eigenvalue weighted by Gasteiger charge is 2.15. The number of rotatable bonds is 5. The normalized spacial score (nSPS) is 11.8. The van der Waals surface area contributed by atoms with Crippen molar-refractivity contribution in [2.75, 3.05) is 0 Å². The van der Waals surface area contributed by atoms with Crippen LogP contribution in [0, 0.1) is 24.1 Å². The van der Waals surface area contributed by atoms with Gasteiger partial charge in [0, 0.05) is 28.7 Å². The molecule has 0 aliphatic heterocycles. The number of H-pyrrole nitrogens is 1. The van der Waals surface area contributed by atoms with Crippen LogP contribution in [0.3, 0.4) is 0 Å². The average Bonchev–Trinajstić information content (AvgIpc) is 3.34. The maximum atomic E-state index is 13.3. The zero-order valence-corrected chi connectivity index (χ0v) is 18.2. The van der Waals surface area contributed by atoms with E-state index >= 15 is 0 Å². The highest BCUT2D eigenvalue weighted by atomic mass is 32.2. The Bertz CT molecular complexity index is 1470. The maximum absolute atomic E-state index is 13.3. The Hall–Kier alpha value is -3.82. The highest BCUT2D eigenvalue weighted by Crippen LogP contribution is 2.33. The fourth-order valence-electron chi connectivity index (χ4n) is 3.91. The molecule has 0 spiro atoms. The van der Waals surface area contributed by atoms with Crippen LogP contribution >= 0.6 is 11.8 Å². The minimum Gasteiger partial charge on any atom is -0.340 e. The molecule has 0 amide bonds. The summed E-state index contributed by atoms with van der Waals surface area (Å²) in [6.45, 7) is 2.68. The summed E-state index contributed by atoms with van der Waals surface area (Å²) in [5.74, 6) is -0.243. The molecule has 2 aromatic heterocycles. The number of hydrogen-bond donors (Lipinski definition) is 1. The molecule has 4 nitrogen and oxygen atoms in total. The van der Waals surface area contributed by atoms with E-state index in [0.717, 1.165) is 38.8 Å². The number of fused-ring (bicyclic) bond motifs is 2. The molecule has 0 unspecified atom stereocenters. The summed E-state index contributed by atoms with van der Waals surface area (Å²) in [6.07, 6.45) is 1.93. The molecule has 156 valence electrons. The Morgan fingerprint density at radius 3 is 2.62 bits per heavy atom. The van der Waals surface area contributed by atoms with Crippen molar-refractivity contribution in [1.29, 1.82) is 5.26 Å². The van der Waals surface area contributed by atoms with Crippen LogP contribution in [0.2, 0.25) is 0 Å². The number of nitrogens with one attached hydrogen (secondary N) is 1. The number of aromatic amines is 1. The number of aromatic nitrogens is 3. The summed E-state index contributed by atoms with van der Waals surface area (Å²) in [4.78, 5) is 8.39. The number of benzene rings is 3. The average molecular weight is 439 g/mol. The lowest BCUT2D eigenvalue weighted by molar-refractivity contribution is 0.626. The molecule has 0 saturated heterocycles. The number of hydrogen-bond acceptors (Lipinski definition) is 3. The van der Waals surface area contributed by atoms with Crippen LogP contribution in [0.5, 0.6) is 0 Å². The number of halogens is 1. The van der Waals surface area contributed by atoms with Crippen LogP contribution < -0.4 is 0 Å². The molecule has 0 saturated carbocycles. The van der Waals surface area contributed by atoms with E-state index in [9.17, 15) is 9.65 Å². The van der Waals surface area contributed by atoms with E-state index < -0.39 is 0 Å². The van der Waals surface area contributed by atoms with Crippen LogP contribution in [-0.2, 0) is 6.54 Å². The molecule has 0 radical (unpaired) electrons. The monoisotopic (exact) mass is 438 g/mol. The van der Waals surface area contributed by atoms with Crippen LogP contribution in [0.1, 0.15) is 16.8 Å². The van der Waals surface area contributed by atoms with Crippen molar-refractivity contribution >= 4 is 39.8 Å². The highest BCUT2D eigenvalue weighted by molar-refractivity contribution is 8.03. The van der Waals surface area contributed by atoms with E-state index in [1.165, 1.54) is 23.9 Å². The summed E-state index contributed by atoms with van der Waals surface area (Å²) >= 11 is 1.32. The zero-order chi connectivity index (χ0) is 22.1. The third-order valence-electron chi connectivity index (χ3n) is 5.49. The molecule has 0 aliphatic carbocycles. The van der Waals surface area contributed by atoms with Crippen molar-refractivity contribution in [3.63, 3.8) is 0 Å². The zero-order valence-electron chi connectivity index (χ0n) is 17.3. The Morgan fingerprint density at radius 1 is 1.09 bits per heavy atom. The van der Waals surface area contributed by atoms with Gasteiger partial charge in [-0.05, 0) is 60.7 Å². The van der Waals surface area contributed by atoms with Gasteiger partial charge in [-0.15, -0.1) is 0 Å². The standard InChI is InChI=1S/C26H19FN4S/c1-17-22(14-20(15-28)32-26-29-23-7-3-4-8-24(23)30-26)21-6-2-5-9-25(21)31(17)16-18-10-12-19(27)13-11-18/h2-14H,16H2,1H3,(H,29,30)/b20-14+. The number of nitriles is 1. The molecule has 5 rings (SSSR count). The molecular formula is C26H19FN4S. The van der Waals surface area contributed by atoms with Crippen molar-refractivity contribution in [2.24, 2.45) is 0 Å². The first kappa shape index (κ1) is 20.1. The Kier molecular flexibility index (Phi) is 5.26. The van der Waals surface area contributed by atoms with Gasteiger partial charge in [-0.1, -0.05) is 42.5 Å². The Labute approximate surface area is 189 Å². The van der Waals surface area contributed by atoms with E-state index in [4.69, 9.17) is 0 Å². The summed E-state index contributed by atoms with van der Waals surface area (Å²) in [7, 11) is 0. The van der Waals surface area contributed by atoms with Gasteiger partial charge in [0.05, 0.1) is 15.9 Å². The topological polar surface area (TPSA) is 57.4 Å².